The van der Waals surface area contributed by atoms with Crippen molar-refractivity contribution in [1.82, 2.24) is 15.5 Å². The van der Waals surface area contributed by atoms with Crippen molar-refractivity contribution in [3.63, 3.8) is 0 Å². The number of hydrogen-bond acceptors (Lipinski definition) is 8. The molecule has 2 N–H and O–H groups in total. The lowest BCUT2D eigenvalue weighted by atomic mass is 10.0. The van der Waals surface area contributed by atoms with Gasteiger partial charge in [0.05, 0.1) is 30.3 Å². The highest BCUT2D eigenvalue weighted by molar-refractivity contribution is 5.56. The van der Waals surface area contributed by atoms with Crippen molar-refractivity contribution >= 4 is 5.69 Å². The molecule has 0 bridgehead atoms. The summed E-state index contributed by atoms with van der Waals surface area (Å²) in [6.45, 7) is 4.95. The SMILES string of the molecule is CC(C)[C@@H](NC[C@H](O)COCc1ccccc1)c1nc(-c2ccc([N+](=O)[O-])cc2)no1. The number of aromatic nitrogens is 2. The van der Waals surface area contributed by atoms with E-state index < -0.39 is 11.0 Å². The molecule has 2 aromatic carbocycles. The van der Waals surface area contributed by atoms with Gasteiger partial charge < -0.3 is 19.7 Å². The highest BCUT2D eigenvalue weighted by Gasteiger charge is 2.23. The first kappa shape index (κ1) is 22.5. The molecule has 1 aromatic heterocycles. The summed E-state index contributed by atoms with van der Waals surface area (Å²) < 4.78 is 11.0. The molecular formula is C22H26N4O5. The van der Waals surface area contributed by atoms with Crippen LogP contribution in [0.5, 0.6) is 0 Å². The number of benzene rings is 2. The third kappa shape index (κ3) is 6.42. The monoisotopic (exact) mass is 426 g/mol. The second kappa shape index (κ2) is 10.8. The Morgan fingerprint density at radius 3 is 2.52 bits per heavy atom. The van der Waals surface area contributed by atoms with Crippen LogP contribution in [0.2, 0.25) is 0 Å². The molecule has 3 aromatic rings. The quantitative estimate of drug-likeness (QED) is 0.353. The van der Waals surface area contributed by atoms with E-state index in [-0.39, 0.29) is 24.3 Å². The summed E-state index contributed by atoms with van der Waals surface area (Å²) in [6, 6.07) is 15.5. The summed E-state index contributed by atoms with van der Waals surface area (Å²) in [4.78, 5) is 14.8. The number of nitro groups is 1. The lowest BCUT2D eigenvalue weighted by molar-refractivity contribution is -0.384. The number of rotatable bonds is 11. The summed E-state index contributed by atoms with van der Waals surface area (Å²) in [5.41, 5.74) is 1.67. The molecule has 1 heterocycles. The van der Waals surface area contributed by atoms with E-state index in [1.54, 1.807) is 12.1 Å². The van der Waals surface area contributed by atoms with Crippen LogP contribution in [-0.4, -0.2) is 39.4 Å². The van der Waals surface area contributed by atoms with Crippen LogP contribution < -0.4 is 5.32 Å². The van der Waals surface area contributed by atoms with Crippen molar-refractivity contribution in [2.24, 2.45) is 5.92 Å². The minimum atomic E-state index is -0.693. The fourth-order valence-corrected chi connectivity index (χ4v) is 3.03. The van der Waals surface area contributed by atoms with Crippen LogP contribution in [-0.2, 0) is 11.3 Å². The van der Waals surface area contributed by atoms with Gasteiger partial charge in [-0.2, -0.15) is 4.98 Å². The van der Waals surface area contributed by atoms with Crippen LogP contribution in [0, 0.1) is 16.0 Å². The number of aliphatic hydroxyl groups excluding tert-OH is 1. The van der Waals surface area contributed by atoms with Crippen molar-refractivity contribution in [3.05, 3.63) is 76.2 Å². The zero-order chi connectivity index (χ0) is 22.2. The molecule has 9 heteroatoms. The molecule has 3 rings (SSSR count). The van der Waals surface area contributed by atoms with Crippen molar-refractivity contribution in [3.8, 4) is 11.4 Å². The second-order valence-electron chi connectivity index (χ2n) is 7.54. The standard InChI is InChI=1S/C22H26N4O5/c1-15(2)20(23-12-19(27)14-30-13-16-6-4-3-5-7-16)22-24-21(25-31-22)17-8-10-18(11-9-17)26(28)29/h3-11,15,19-20,23,27H,12-14H2,1-2H3/t19-,20+/m0/s1. The van der Waals surface area contributed by atoms with E-state index in [0.29, 0.717) is 30.4 Å². The van der Waals surface area contributed by atoms with Crippen LogP contribution in [0.1, 0.15) is 31.3 Å². The highest BCUT2D eigenvalue weighted by atomic mass is 16.6. The zero-order valence-electron chi connectivity index (χ0n) is 17.5. The minimum Gasteiger partial charge on any atom is -0.389 e. The Kier molecular flexibility index (Phi) is 7.82. The number of nitrogens with zero attached hydrogens (tertiary/aromatic N) is 3. The highest BCUT2D eigenvalue weighted by Crippen LogP contribution is 2.24. The number of nitro benzene ring substituents is 1. The minimum absolute atomic E-state index is 0.00216. The van der Waals surface area contributed by atoms with E-state index in [1.165, 1.54) is 12.1 Å². The number of ether oxygens (including phenoxy) is 1. The van der Waals surface area contributed by atoms with Gasteiger partial charge in [0, 0.05) is 24.2 Å². The third-order valence-corrected chi connectivity index (χ3v) is 4.71. The maximum absolute atomic E-state index is 10.8. The fraction of sp³-hybridized carbons (Fsp3) is 0.364. The average Bonchev–Trinajstić information content (AvgIpc) is 3.24. The van der Waals surface area contributed by atoms with Gasteiger partial charge >= 0.3 is 0 Å². The number of aliphatic hydroxyl groups is 1. The van der Waals surface area contributed by atoms with E-state index in [1.807, 2.05) is 44.2 Å². The van der Waals surface area contributed by atoms with Crippen LogP contribution in [0.25, 0.3) is 11.4 Å². The van der Waals surface area contributed by atoms with E-state index >= 15 is 0 Å². The molecule has 0 amide bonds. The van der Waals surface area contributed by atoms with Gasteiger partial charge in [-0.3, -0.25) is 10.1 Å². The van der Waals surface area contributed by atoms with Gasteiger partial charge in [0.1, 0.15) is 0 Å². The largest absolute Gasteiger partial charge is 0.389 e. The Morgan fingerprint density at radius 1 is 1.16 bits per heavy atom. The number of non-ortho nitro benzene ring substituents is 1. The Labute approximate surface area is 180 Å². The Hall–Kier alpha value is -3.14. The first-order chi connectivity index (χ1) is 14.9. The molecule has 0 saturated carbocycles. The van der Waals surface area contributed by atoms with E-state index in [9.17, 15) is 15.2 Å². The maximum atomic E-state index is 10.8. The van der Waals surface area contributed by atoms with Gasteiger partial charge in [-0.05, 0) is 23.6 Å². The Bertz CT molecular complexity index is 960. The van der Waals surface area contributed by atoms with Crippen molar-refractivity contribution in [2.75, 3.05) is 13.2 Å². The zero-order valence-corrected chi connectivity index (χ0v) is 17.5. The molecule has 2 atom stereocenters. The van der Waals surface area contributed by atoms with E-state index in [4.69, 9.17) is 9.26 Å². The topological polar surface area (TPSA) is 124 Å². The van der Waals surface area contributed by atoms with Crippen molar-refractivity contribution in [1.29, 1.82) is 0 Å². The summed E-state index contributed by atoms with van der Waals surface area (Å²) in [6.07, 6.45) is -0.693. The average molecular weight is 426 g/mol. The molecule has 0 unspecified atom stereocenters. The molecule has 0 aliphatic heterocycles. The van der Waals surface area contributed by atoms with Crippen LogP contribution in [0.4, 0.5) is 5.69 Å². The Morgan fingerprint density at radius 2 is 1.87 bits per heavy atom. The molecule has 0 spiro atoms. The summed E-state index contributed by atoms with van der Waals surface area (Å²) >= 11 is 0. The summed E-state index contributed by atoms with van der Waals surface area (Å²) in [7, 11) is 0. The maximum Gasteiger partial charge on any atom is 0.269 e. The predicted octanol–water partition coefficient (Wildman–Crippen LogP) is 3.51. The molecule has 0 aliphatic carbocycles. The predicted molar refractivity (Wildman–Crippen MR) is 114 cm³/mol. The fourth-order valence-electron chi connectivity index (χ4n) is 3.03. The molecular weight excluding hydrogens is 400 g/mol. The summed E-state index contributed by atoms with van der Waals surface area (Å²) in [5, 5.41) is 28.3. The van der Waals surface area contributed by atoms with E-state index in [2.05, 4.69) is 15.5 Å². The Balaban J connectivity index is 1.55. The molecule has 0 saturated heterocycles. The van der Waals surface area contributed by atoms with Gasteiger partial charge in [-0.15, -0.1) is 0 Å². The number of nitrogens with one attached hydrogen (secondary N) is 1. The molecule has 31 heavy (non-hydrogen) atoms. The molecule has 9 nitrogen and oxygen atoms in total. The third-order valence-electron chi connectivity index (χ3n) is 4.71. The van der Waals surface area contributed by atoms with Crippen molar-refractivity contribution < 1.29 is 19.3 Å². The second-order valence-corrected chi connectivity index (χ2v) is 7.54. The molecule has 164 valence electrons. The number of hydrogen-bond donors (Lipinski definition) is 2. The first-order valence-electron chi connectivity index (χ1n) is 10.1. The van der Waals surface area contributed by atoms with E-state index in [0.717, 1.165) is 5.56 Å². The normalized spacial score (nSPS) is 13.3. The molecule has 0 fully saturated rings. The van der Waals surface area contributed by atoms with Gasteiger partial charge in [-0.25, -0.2) is 0 Å². The summed E-state index contributed by atoms with van der Waals surface area (Å²) in [5.74, 6) is 0.868. The molecule has 0 radical (unpaired) electrons. The van der Waals surface area contributed by atoms with Crippen LogP contribution >= 0.6 is 0 Å². The van der Waals surface area contributed by atoms with Gasteiger partial charge in [0.2, 0.25) is 11.7 Å². The van der Waals surface area contributed by atoms with Crippen LogP contribution in [0.15, 0.2) is 59.1 Å². The van der Waals surface area contributed by atoms with Gasteiger partial charge in [0.25, 0.3) is 5.69 Å². The van der Waals surface area contributed by atoms with Gasteiger partial charge in [0.15, 0.2) is 0 Å². The smallest absolute Gasteiger partial charge is 0.269 e. The van der Waals surface area contributed by atoms with Crippen LogP contribution in [0.3, 0.4) is 0 Å². The first-order valence-corrected chi connectivity index (χ1v) is 10.1. The molecule has 0 aliphatic rings. The van der Waals surface area contributed by atoms with Gasteiger partial charge in [-0.1, -0.05) is 49.3 Å². The lowest BCUT2D eigenvalue weighted by Gasteiger charge is -2.20. The van der Waals surface area contributed by atoms with Crippen molar-refractivity contribution in [2.45, 2.75) is 32.6 Å². The lowest BCUT2D eigenvalue weighted by Crippen LogP contribution is -2.35.